The van der Waals surface area contributed by atoms with Crippen molar-refractivity contribution in [1.29, 1.82) is 0 Å². The summed E-state index contributed by atoms with van der Waals surface area (Å²) < 4.78 is 42.3. The number of thiazole rings is 1. The zero-order valence-corrected chi connectivity index (χ0v) is 17.2. The molecule has 0 aliphatic heterocycles. The van der Waals surface area contributed by atoms with E-state index in [9.17, 15) is 12.8 Å². The summed E-state index contributed by atoms with van der Waals surface area (Å²) in [4.78, 5) is 4.50. The van der Waals surface area contributed by atoms with Crippen molar-refractivity contribution in [3.63, 3.8) is 0 Å². The van der Waals surface area contributed by atoms with Crippen LogP contribution in [0, 0.1) is 5.82 Å². The van der Waals surface area contributed by atoms with Crippen molar-refractivity contribution in [2.24, 2.45) is 0 Å². The predicted molar refractivity (Wildman–Crippen MR) is 115 cm³/mol. The fourth-order valence-corrected chi connectivity index (χ4v) is 5.26. The molecule has 0 atom stereocenters. The molecule has 3 aromatic carbocycles. The minimum atomic E-state index is -3.89. The van der Waals surface area contributed by atoms with Crippen LogP contribution in [0.2, 0.25) is 5.02 Å². The number of hydrogen-bond donors (Lipinski definition) is 1. The summed E-state index contributed by atoms with van der Waals surface area (Å²) >= 11 is 7.34. The Labute approximate surface area is 176 Å². The van der Waals surface area contributed by atoms with E-state index < -0.39 is 10.0 Å². The van der Waals surface area contributed by atoms with Crippen LogP contribution in [0.4, 0.5) is 10.1 Å². The van der Waals surface area contributed by atoms with Crippen molar-refractivity contribution in [2.45, 2.75) is 4.90 Å². The highest BCUT2D eigenvalue weighted by Gasteiger charge is 2.20. The second-order valence-electron chi connectivity index (χ2n) is 6.10. The molecule has 0 saturated heterocycles. The molecule has 0 aliphatic carbocycles. The lowest BCUT2D eigenvalue weighted by molar-refractivity contribution is 0.601. The number of rotatable bonds is 5. The van der Waals surface area contributed by atoms with Crippen molar-refractivity contribution >= 4 is 38.6 Å². The number of halogens is 2. The number of hydrogen-bond acceptors (Lipinski definition) is 4. The van der Waals surface area contributed by atoms with Gasteiger partial charge in [0.1, 0.15) is 15.7 Å². The predicted octanol–water partition coefficient (Wildman–Crippen LogP) is 6.07. The van der Waals surface area contributed by atoms with Crippen molar-refractivity contribution < 1.29 is 12.8 Å². The van der Waals surface area contributed by atoms with Crippen molar-refractivity contribution in [3.05, 3.63) is 89.0 Å². The van der Waals surface area contributed by atoms with Crippen molar-refractivity contribution in [2.75, 3.05) is 4.72 Å². The first-order valence-electron chi connectivity index (χ1n) is 8.53. The van der Waals surface area contributed by atoms with E-state index in [4.69, 9.17) is 11.6 Å². The number of nitrogens with zero attached hydrogens (tertiary/aromatic N) is 1. The van der Waals surface area contributed by atoms with Gasteiger partial charge in [0.2, 0.25) is 0 Å². The minimum Gasteiger partial charge on any atom is -0.279 e. The molecule has 0 bridgehead atoms. The third-order valence-corrected chi connectivity index (χ3v) is 6.92. The highest BCUT2D eigenvalue weighted by atomic mass is 35.5. The Morgan fingerprint density at radius 1 is 0.897 bits per heavy atom. The summed E-state index contributed by atoms with van der Waals surface area (Å²) in [7, 11) is -3.89. The van der Waals surface area contributed by atoms with Gasteiger partial charge in [-0.3, -0.25) is 4.72 Å². The summed E-state index contributed by atoms with van der Waals surface area (Å²) in [6.45, 7) is 0. The molecule has 4 aromatic rings. The zero-order valence-electron chi connectivity index (χ0n) is 14.8. The molecule has 0 saturated carbocycles. The Bertz CT molecular complexity index is 1290. The average molecular weight is 445 g/mol. The Balaban J connectivity index is 1.72. The number of nitrogens with one attached hydrogen (secondary N) is 1. The lowest BCUT2D eigenvalue weighted by atomic mass is 10.1. The molecule has 1 aromatic heterocycles. The van der Waals surface area contributed by atoms with E-state index in [0.29, 0.717) is 27.5 Å². The van der Waals surface area contributed by atoms with Gasteiger partial charge >= 0.3 is 0 Å². The van der Waals surface area contributed by atoms with Crippen LogP contribution in [0.1, 0.15) is 0 Å². The number of sulfonamides is 1. The van der Waals surface area contributed by atoms with Gasteiger partial charge in [0.15, 0.2) is 0 Å². The van der Waals surface area contributed by atoms with Crippen LogP contribution in [0.15, 0.2) is 83.1 Å². The average Bonchev–Trinajstić information content (AvgIpc) is 3.18. The van der Waals surface area contributed by atoms with Gasteiger partial charge in [0, 0.05) is 16.5 Å². The second-order valence-corrected chi connectivity index (χ2v) is 9.02. The lowest BCUT2D eigenvalue weighted by Crippen LogP contribution is -2.14. The molecule has 0 fully saturated rings. The molecular formula is C21H14ClFN2O2S2. The van der Waals surface area contributed by atoms with E-state index in [-0.39, 0.29) is 15.7 Å². The summed E-state index contributed by atoms with van der Waals surface area (Å²) in [6, 6.07) is 19.5. The van der Waals surface area contributed by atoms with E-state index in [1.165, 1.54) is 29.5 Å². The van der Waals surface area contributed by atoms with E-state index >= 15 is 0 Å². The third kappa shape index (κ3) is 4.03. The van der Waals surface area contributed by atoms with E-state index in [2.05, 4.69) is 9.71 Å². The Kier molecular flexibility index (Phi) is 5.36. The summed E-state index contributed by atoms with van der Waals surface area (Å²) in [5, 5.41) is 2.42. The normalized spacial score (nSPS) is 11.4. The number of aromatic nitrogens is 1. The van der Waals surface area contributed by atoms with Crippen LogP contribution >= 0.6 is 22.9 Å². The molecule has 0 radical (unpaired) electrons. The van der Waals surface area contributed by atoms with Crippen molar-refractivity contribution in [3.8, 4) is 21.8 Å². The number of para-hydroxylation sites is 1. The standard InChI is InChI=1S/C21H14ClFN2O2S2/c22-16-9-3-6-12-20(16)29(26,27)25-18-11-5-2-8-15(18)19-13-28-21(24-19)14-7-1-4-10-17(14)23/h1-13,25H. The second kappa shape index (κ2) is 7.94. The minimum absolute atomic E-state index is 0.0122. The van der Waals surface area contributed by atoms with Crippen LogP contribution in [-0.2, 0) is 10.0 Å². The Morgan fingerprint density at radius 2 is 1.55 bits per heavy atom. The molecule has 4 rings (SSSR count). The molecule has 0 amide bonds. The molecule has 1 N–H and O–H groups in total. The van der Waals surface area contributed by atoms with Crippen LogP contribution in [0.3, 0.4) is 0 Å². The van der Waals surface area contributed by atoms with Crippen molar-refractivity contribution in [1.82, 2.24) is 4.98 Å². The summed E-state index contributed by atoms with van der Waals surface area (Å²) in [5.74, 6) is -0.360. The monoisotopic (exact) mass is 444 g/mol. The number of benzene rings is 3. The van der Waals surface area contributed by atoms with Gasteiger partial charge in [-0.25, -0.2) is 17.8 Å². The smallest absolute Gasteiger partial charge is 0.263 e. The molecular weight excluding hydrogens is 431 g/mol. The fourth-order valence-electron chi connectivity index (χ4n) is 2.81. The molecule has 146 valence electrons. The maximum atomic E-state index is 14.1. The molecule has 29 heavy (non-hydrogen) atoms. The fraction of sp³-hybridized carbons (Fsp3) is 0. The van der Waals surface area contributed by atoms with Crippen LogP contribution < -0.4 is 4.72 Å². The first-order chi connectivity index (χ1) is 14.0. The highest BCUT2D eigenvalue weighted by Crippen LogP contribution is 2.35. The molecule has 0 unspecified atom stereocenters. The quantitative estimate of drug-likeness (QED) is 0.406. The molecule has 0 aliphatic rings. The molecule has 1 heterocycles. The first kappa shape index (κ1) is 19.6. The van der Waals surface area contributed by atoms with Gasteiger partial charge in [0.25, 0.3) is 10.0 Å². The van der Waals surface area contributed by atoms with Gasteiger partial charge in [-0.15, -0.1) is 11.3 Å². The zero-order chi connectivity index (χ0) is 20.4. The van der Waals surface area contributed by atoms with E-state index in [0.717, 1.165) is 0 Å². The molecule has 8 heteroatoms. The third-order valence-electron chi connectivity index (χ3n) is 4.18. The maximum absolute atomic E-state index is 14.1. The van der Waals surface area contributed by atoms with E-state index in [1.807, 2.05) is 0 Å². The van der Waals surface area contributed by atoms with Gasteiger partial charge in [-0.1, -0.05) is 54.1 Å². The van der Waals surface area contributed by atoms with Crippen LogP contribution in [0.25, 0.3) is 21.8 Å². The molecule has 4 nitrogen and oxygen atoms in total. The largest absolute Gasteiger partial charge is 0.279 e. The topological polar surface area (TPSA) is 59.1 Å². The SMILES string of the molecule is O=S(=O)(Nc1ccccc1-c1csc(-c2ccccc2F)n1)c1ccccc1Cl. The summed E-state index contributed by atoms with van der Waals surface area (Å²) in [6.07, 6.45) is 0. The maximum Gasteiger partial charge on any atom is 0.263 e. The lowest BCUT2D eigenvalue weighted by Gasteiger charge is -2.12. The van der Waals surface area contributed by atoms with Gasteiger partial charge in [0.05, 0.1) is 16.4 Å². The van der Waals surface area contributed by atoms with E-state index in [1.54, 1.807) is 60.0 Å². The van der Waals surface area contributed by atoms with Gasteiger partial charge < -0.3 is 0 Å². The highest BCUT2D eigenvalue weighted by molar-refractivity contribution is 7.92. The number of anilines is 1. The van der Waals surface area contributed by atoms with Crippen LogP contribution in [0.5, 0.6) is 0 Å². The first-order valence-corrected chi connectivity index (χ1v) is 11.3. The molecule has 0 spiro atoms. The van der Waals surface area contributed by atoms with Gasteiger partial charge in [-0.2, -0.15) is 0 Å². The van der Waals surface area contributed by atoms with Crippen LogP contribution in [-0.4, -0.2) is 13.4 Å². The Hall–Kier alpha value is -2.74. The van der Waals surface area contributed by atoms with Gasteiger partial charge in [-0.05, 0) is 30.3 Å². The summed E-state index contributed by atoms with van der Waals surface area (Å²) in [5.41, 5.74) is 1.89. The Morgan fingerprint density at radius 3 is 2.31 bits per heavy atom.